The van der Waals surface area contributed by atoms with Crippen molar-refractivity contribution in [1.82, 2.24) is 9.97 Å². The topological polar surface area (TPSA) is 56.3 Å². The third-order valence-electron chi connectivity index (χ3n) is 3.64. The number of aromatic nitrogens is 2. The molecule has 1 atom stereocenters. The van der Waals surface area contributed by atoms with Crippen molar-refractivity contribution in [2.24, 2.45) is 0 Å². The normalized spacial score (nSPS) is 17.5. The van der Waals surface area contributed by atoms with Crippen molar-refractivity contribution < 1.29 is 9.47 Å². The molecule has 0 unspecified atom stereocenters. The Morgan fingerprint density at radius 2 is 2.23 bits per heavy atom. The van der Waals surface area contributed by atoms with Crippen LogP contribution in [-0.2, 0) is 11.3 Å². The number of ether oxygens (including phenoxy) is 2. The summed E-state index contributed by atoms with van der Waals surface area (Å²) >= 11 is 0. The van der Waals surface area contributed by atoms with Crippen molar-refractivity contribution in [3.05, 3.63) is 47.3 Å². The van der Waals surface area contributed by atoms with E-state index >= 15 is 0 Å². The molecular weight excluding hydrogens is 278 g/mol. The first-order chi connectivity index (χ1) is 10.7. The fraction of sp³-hybridized carbons (Fsp3) is 0.412. The third kappa shape index (κ3) is 3.74. The number of anilines is 1. The zero-order valence-corrected chi connectivity index (χ0v) is 13.0. The Morgan fingerprint density at radius 1 is 1.32 bits per heavy atom. The highest BCUT2D eigenvalue weighted by atomic mass is 16.5. The quantitative estimate of drug-likeness (QED) is 0.920. The number of nitrogens with one attached hydrogen (secondary N) is 1. The van der Waals surface area contributed by atoms with Crippen LogP contribution >= 0.6 is 0 Å². The van der Waals surface area contributed by atoms with Crippen LogP contribution in [0.15, 0.2) is 30.5 Å². The Kier molecular flexibility index (Phi) is 4.53. The second kappa shape index (κ2) is 6.75. The fourth-order valence-corrected chi connectivity index (χ4v) is 2.41. The second-order valence-corrected chi connectivity index (χ2v) is 5.59. The predicted molar refractivity (Wildman–Crippen MR) is 85.1 cm³/mol. The standard InChI is InChI=1S/C17H21N3O2/c1-12-3-4-14(10-19-17-18-7-5-13(2)20-17)16(9-12)22-15-6-8-21-11-15/h3-5,7,9,15H,6,8,10-11H2,1-2H3,(H,18,19,20)/t15-/m1/s1. The summed E-state index contributed by atoms with van der Waals surface area (Å²) in [5.74, 6) is 1.55. The summed E-state index contributed by atoms with van der Waals surface area (Å²) in [5, 5.41) is 3.25. The maximum Gasteiger partial charge on any atom is 0.223 e. The summed E-state index contributed by atoms with van der Waals surface area (Å²) in [4.78, 5) is 8.58. The molecule has 0 radical (unpaired) electrons. The molecule has 0 aliphatic carbocycles. The van der Waals surface area contributed by atoms with Crippen molar-refractivity contribution in [2.75, 3.05) is 18.5 Å². The summed E-state index contributed by atoms with van der Waals surface area (Å²) in [5.41, 5.74) is 3.23. The highest BCUT2D eigenvalue weighted by Gasteiger charge is 2.18. The molecule has 5 nitrogen and oxygen atoms in total. The minimum absolute atomic E-state index is 0.149. The third-order valence-corrected chi connectivity index (χ3v) is 3.64. The van der Waals surface area contributed by atoms with Crippen molar-refractivity contribution >= 4 is 5.95 Å². The van der Waals surface area contributed by atoms with Crippen LogP contribution in [0.2, 0.25) is 0 Å². The van der Waals surface area contributed by atoms with Gasteiger partial charge in [-0.15, -0.1) is 0 Å². The lowest BCUT2D eigenvalue weighted by Gasteiger charge is -2.16. The minimum atomic E-state index is 0.149. The number of hydrogen-bond acceptors (Lipinski definition) is 5. The number of hydrogen-bond donors (Lipinski definition) is 1. The van der Waals surface area contributed by atoms with Crippen LogP contribution in [0.5, 0.6) is 5.75 Å². The van der Waals surface area contributed by atoms with E-state index in [1.807, 2.05) is 13.0 Å². The lowest BCUT2D eigenvalue weighted by molar-refractivity contribution is 0.140. The van der Waals surface area contributed by atoms with Crippen molar-refractivity contribution in [2.45, 2.75) is 32.9 Å². The van der Waals surface area contributed by atoms with Crippen LogP contribution < -0.4 is 10.1 Å². The second-order valence-electron chi connectivity index (χ2n) is 5.59. The van der Waals surface area contributed by atoms with Gasteiger partial charge in [0.25, 0.3) is 0 Å². The van der Waals surface area contributed by atoms with Crippen molar-refractivity contribution in [3.63, 3.8) is 0 Å². The highest BCUT2D eigenvalue weighted by Crippen LogP contribution is 2.24. The maximum atomic E-state index is 6.09. The molecule has 0 spiro atoms. The van der Waals surface area contributed by atoms with Gasteiger partial charge in [-0.25, -0.2) is 9.97 Å². The lowest BCUT2D eigenvalue weighted by Crippen LogP contribution is -2.17. The van der Waals surface area contributed by atoms with Gasteiger partial charge in [0, 0.05) is 30.4 Å². The van der Waals surface area contributed by atoms with Gasteiger partial charge in [-0.3, -0.25) is 0 Å². The monoisotopic (exact) mass is 299 g/mol. The molecule has 1 aliphatic rings. The summed E-state index contributed by atoms with van der Waals surface area (Å²) in [6.45, 7) is 6.10. The van der Waals surface area contributed by atoms with Gasteiger partial charge in [-0.2, -0.15) is 0 Å². The van der Waals surface area contributed by atoms with E-state index < -0.39 is 0 Å². The molecule has 2 heterocycles. The van der Waals surface area contributed by atoms with Crippen LogP contribution in [-0.4, -0.2) is 29.3 Å². The van der Waals surface area contributed by atoms with Crippen LogP contribution in [0.3, 0.4) is 0 Å². The summed E-state index contributed by atoms with van der Waals surface area (Å²) < 4.78 is 11.5. The Bertz CT molecular complexity index is 640. The molecule has 1 N–H and O–H groups in total. The minimum Gasteiger partial charge on any atom is -0.488 e. The number of aryl methyl sites for hydroxylation is 2. The Balaban J connectivity index is 1.71. The Labute approximate surface area is 130 Å². The zero-order valence-electron chi connectivity index (χ0n) is 13.0. The molecule has 1 aromatic heterocycles. The molecule has 1 saturated heterocycles. The van der Waals surface area contributed by atoms with Crippen LogP contribution in [0, 0.1) is 13.8 Å². The van der Waals surface area contributed by atoms with E-state index in [4.69, 9.17) is 9.47 Å². The van der Waals surface area contributed by atoms with Gasteiger partial charge in [0.05, 0.1) is 13.2 Å². The average Bonchev–Trinajstić information content (AvgIpc) is 2.99. The van der Waals surface area contributed by atoms with Crippen LogP contribution in [0.1, 0.15) is 23.2 Å². The van der Waals surface area contributed by atoms with Crippen LogP contribution in [0.25, 0.3) is 0 Å². The number of nitrogens with zero attached hydrogens (tertiary/aromatic N) is 2. The van der Waals surface area contributed by atoms with Gasteiger partial charge in [-0.05, 0) is 31.5 Å². The van der Waals surface area contributed by atoms with Gasteiger partial charge in [-0.1, -0.05) is 12.1 Å². The molecule has 0 saturated carbocycles. The number of benzene rings is 1. The molecule has 0 amide bonds. The molecule has 0 bridgehead atoms. The van der Waals surface area contributed by atoms with Gasteiger partial charge < -0.3 is 14.8 Å². The van der Waals surface area contributed by atoms with E-state index in [9.17, 15) is 0 Å². The molecule has 1 fully saturated rings. The van der Waals surface area contributed by atoms with Crippen molar-refractivity contribution in [3.8, 4) is 5.75 Å². The molecule has 116 valence electrons. The van der Waals surface area contributed by atoms with E-state index in [1.165, 1.54) is 5.56 Å². The van der Waals surface area contributed by atoms with E-state index in [0.29, 0.717) is 19.1 Å². The lowest BCUT2D eigenvalue weighted by atomic mass is 10.1. The van der Waals surface area contributed by atoms with Gasteiger partial charge in [0.15, 0.2) is 0 Å². The summed E-state index contributed by atoms with van der Waals surface area (Å²) in [6.07, 6.45) is 2.85. The maximum absolute atomic E-state index is 6.09. The van der Waals surface area contributed by atoms with E-state index in [0.717, 1.165) is 30.0 Å². The first-order valence-corrected chi connectivity index (χ1v) is 7.58. The Hall–Kier alpha value is -2.14. The SMILES string of the molecule is Cc1ccc(CNc2nccc(C)n2)c(O[C@@H]2CCOC2)c1. The molecular formula is C17H21N3O2. The van der Waals surface area contributed by atoms with Gasteiger partial charge >= 0.3 is 0 Å². The van der Waals surface area contributed by atoms with E-state index in [-0.39, 0.29) is 6.10 Å². The molecule has 22 heavy (non-hydrogen) atoms. The fourth-order valence-electron chi connectivity index (χ4n) is 2.41. The molecule has 1 aromatic carbocycles. The van der Waals surface area contributed by atoms with E-state index in [1.54, 1.807) is 6.20 Å². The van der Waals surface area contributed by atoms with Crippen LogP contribution in [0.4, 0.5) is 5.95 Å². The molecule has 5 heteroatoms. The van der Waals surface area contributed by atoms with Crippen molar-refractivity contribution in [1.29, 1.82) is 0 Å². The molecule has 3 rings (SSSR count). The first kappa shape index (κ1) is 14.8. The van der Waals surface area contributed by atoms with Gasteiger partial charge in [0.2, 0.25) is 5.95 Å². The smallest absolute Gasteiger partial charge is 0.223 e. The first-order valence-electron chi connectivity index (χ1n) is 7.58. The highest BCUT2D eigenvalue weighted by molar-refractivity contribution is 5.40. The zero-order chi connectivity index (χ0) is 15.4. The Morgan fingerprint density at radius 3 is 3.00 bits per heavy atom. The largest absolute Gasteiger partial charge is 0.488 e. The molecule has 2 aromatic rings. The van der Waals surface area contributed by atoms with Gasteiger partial charge in [0.1, 0.15) is 11.9 Å². The van der Waals surface area contributed by atoms with E-state index in [2.05, 4.69) is 40.4 Å². The predicted octanol–water partition coefficient (Wildman–Crippen LogP) is 2.87. The summed E-state index contributed by atoms with van der Waals surface area (Å²) in [7, 11) is 0. The average molecular weight is 299 g/mol. The summed E-state index contributed by atoms with van der Waals surface area (Å²) in [6, 6.07) is 8.13. The molecule has 1 aliphatic heterocycles. The number of rotatable bonds is 5.